The highest BCUT2D eigenvalue weighted by atomic mass is 19.1. The molecule has 1 aliphatic rings. The van der Waals surface area contributed by atoms with Crippen LogP contribution in [0.1, 0.15) is 24.1 Å². The van der Waals surface area contributed by atoms with E-state index < -0.39 is 11.2 Å². The summed E-state index contributed by atoms with van der Waals surface area (Å²) in [5, 5.41) is 19.8. The second kappa shape index (κ2) is 7.72. The quantitative estimate of drug-likeness (QED) is 0.509. The predicted molar refractivity (Wildman–Crippen MR) is 111 cm³/mol. The minimum atomic E-state index is -1.02. The van der Waals surface area contributed by atoms with E-state index >= 15 is 0 Å². The van der Waals surface area contributed by atoms with Crippen molar-refractivity contribution in [2.24, 2.45) is 0 Å². The molecule has 0 spiro atoms. The van der Waals surface area contributed by atoms with E-state index in [1.54, 1.807) is 29.1 Å². The first-order chi connectivity index (χ1) is 15.0. The molecular weight excluding hydrogens is 401 g/mol. The number of hydrogen-bond donors (Lipinski definition) is 1. The summed E-state index contributed by atoms with van der Waals surface area (Å²) in [5.41, 5.74) is 1.75. The Hall–Kier alpha value is -3.36. The van der Waals surface area contributed by atoms with Crippen LogP contribution in [0.25, 0.3) is 22.1 Å². The normalized spacial score (nSPS) is 15.9. The zero-order chi connectivity index (χ0) is 21.4. The number of rotatable bonds is 4. The number of nitrogens with zero attached hydrogens (tertiary/aromatic N) is 3. The lowest BCUT2D eigenvalue weighted by Gasteiger charge is -2.29. The number of halogens is 1. The molecule has 31 heavy (non-hydrogen) atoms. The average Bonchev–Trinajstić information content (AvgIpc) is 3.23. The highest BCUT2D eigenvalue weighted by Crippen LogP contribution is 2.31. The molecule has 8 heteroatoms. The number of aliphatic hydroxyl groups is 1. The molecule has 5 rings (SSSR count). The molecule has 7 nitrogen and oxygen atoms in total. The van der Waals surface area contributed by atoms with Gasteiger partial charge in [0.2, 0.25) is 0 Å². The Balaban J connectivity index is 1.46. The number of aromatic nitrogens is 3. The second-order valence-corrected chi connectivity index (χ2v) is 7.76. The zero-order valence-corrected chi connectivity index (χ0v) is 16.6. The molecule has 0 atom stereocenters. The Bertz CT molecular complexity index is 1290. The van der Waals surface area contributed by atoms with Gasteiger partial charge in [0, 0.05) is 37.5 Å². The maximum Gasteiger partial charge on any atom is 0.336 e. The number of ether oxygens (including phenoxy) is 1. The highest BCUT2D eigenvalue weighted by Gasteiger charge is 2.34. The van der Waals surface area contributed by atoms with Crippen LogP contribution < -0.4 is 5.63 Å². The van der Waals surface area contributed by atoms with Crippen molar-refractivity contribution < 1.29 is 18.7 Å². The smallest absolute Gasteiger partial charge is 0.336 e. The van der Waals surface area contributed by atoms with Crippen molar-refractivity contribution in [3.05, 3.63) is 82.2 Å². The molecule has 3 heterocycles. The predicted octanol–water partition coefficient (Wildman–Crippen LogP) is 3.24. The van der Waals surface area contributed by atoms with E-state index in [0.717, 1.165) is 16.5 Å². The van der Waals surface area contributed by atoms with Gasteiger partial charge in [-0.05, 0) is 34.9 Å². The maximum atomic E-state index is 13.3. The summed E-state index contributed by atoms with van der Waals surface area (Å²) >= 11 is 0. The van der Waals surface area contributed by atoms with Gasteiger partial charge in [-0.25, -0.2) is 13.9 Å². The topological polar surface area (TPSA) is 90.4 Å². The van der Waals surface area contributed by atoms with Gasteiger partial charge < -0.3 is 14.3 Å². The fraction of sp³-hybridized carbons (Fsp3) is 0.261. The SMILES string of the molecule is O=c1cc(-c2ccc(F)cc2)c2ccc(Cn3cc(C4(O)CCOCC4)nn3)cc2o1. The lowest BCUT2D eigenvalue weighted by Crippen LogP contribution is -2.33. The minimum absolute atomic E-state index is 0.337. The summed E-state index contributed by atoms with van der Waals surface area (Å²) in [6.07, 6.45) is 2.71. The summed E-state index contributed by atoms with van der Waals surface area (Å²) < 4.78 is 25.7. The molecule has 2 aromatic heterocycles. The molecule has 2 aromatic carbocycles. The van der Waals surface area contributed by atoms with Gasteiger partial charge in [-0.2, -0.15) is 0 Å². The molecule has 1 aliphatic heterocycles. The van der Waals surface area contributed by atoms with E-state index in [1.165, 1.54) is 18.2 Å². The van der Waals surface area contributed by atoms with E-state index in [1.807, 2.05) is 12.1 Å². The van der Waals surface area contributed by atoms with Crippen LogP contribution in [0, 0.1) is 5.82 Å². The van der Waals surface area contributed by atoms with Crippen LogP contribution in [0.15, 0.2) is 63.9 Å². The average molecular weight is 421 g/mol. The van der Waals surface area contributed by atoms with Crippen LogP contribution in [0.4, 0.5) is 4.39 Å². The molecule has 0 amide bonds. The van der Waals surface area contributed by atoms with Crippen molar-refractivity contribution in [3.63, 3.8) is 0 Å². The van der Waals surface area contributed by atoms with E-state index in [9.17, 15) is 14.3 Å². The van der Waals surface area contributed by atoms with Gasteiger partial charge in [0.25, 0.3) is 0 Å². The number of hydrogen-bond acceptors (Lipinski definition) is 6. The third-order valence-electron chi connectivity index (χ3n) is 5.64. The molecule has 0 unspecified atom stereocenters. The highest BCUT2D eigenvalue weighted by molar-refractivity contribution is 5.93. The number of benzene rings is 2. The van der Waals surface area contributed by atoms with E-state index in [4.69, 9.17) is 9.15 Å². The molecule has 0 bridgehead atoms. The van der Waals surface area contributed by atoms with Gasteiger partial charge in [0.1, 0.15) is 22.7 Å². The van der Waals surface area contributed by atoms with Crippen molar-refractivity contribution >= 4 is 11.0 Å². The Labute approximate surface area is 176 Å². The fourth-order valence-electron chi connectivity index (χ4n) is 3.91. The van der Waals surface area contributed by atoms with Crippen LogP contribution in [0.3, 0.4) is 0 Å². The molecule has 1 saturated heterocycles. The Morgan fingerprint density at radius 2 is 1.87 bits per heavy atom. The van der Waals surface area contributed by atoms with Crippen molar-refractivity contribution in [2.75, 3.05) is 13.2 Å². The first kappa shape index (κ1) is 19.6. The van der Waals surface area contributed by atoms with Gasteiger partial charge in [-0.15, -0.1) is 5.10 Å². The Morgan fingerprint density at radius 3 is 2.65 bits per heavy atom. The summed E-state index contributed by atoms with van der Waals surface area (Å²) in [6.45, 7) is 1.38. The summed E-state index contributed by atoms with van der Waals surface area (Å²) in [6, 6.07) is 13.0. The largest absolute Gasteiger partial charge is 0.423 e. The van der Waals surface area contributed by atoms with Crippen molar-refractivity contribution in [1.82, 2.24) is 15.0 Å². The third kappa shape index (κ3) is 3.87. The maximum absolute atomic E-state index is 13.3. The first-order valence-electron chi connectivity index (χ1n) is 10.0. The second-order valence-electron chi connectivity index (χ2n) is 7.76. The fourth-order valence-corrected chi connectivity index (χ4v) is 3.91. The van der Waals surface area contributed by atoms with Crippen molar-refractivity contribution in [3.8, 4) is 11.1 Å². The zero-order valence-electron chi connectivity index (χ0n) is 16.6. The van der Waals surface area contributed by atoms with Gasteiger partial charge in [0.15, 0.2) is 0 Å². The molecule has 1 N–H and O–H groups in total. The monoisotopic (exact) mass is 421 g/mol. The van der Waals surface area contributed by atoms with Crippen LogP contribution in [0.5, 0.6) is 0 Å². The van der Waals surface area contributed by atoms with Crippen LogP contribution in [-0.2, 0) is 16.9 Å². The number of fused-ring (bicyclic) bond motifs is 1. The minimum Gasteiger partial charge on any atom is -0.423 e. The first-order valence-corrected chi connectivity index (χ1v) is 10.0. The van der Waals surface area contributed by atoms with E-state index in [-0.39, 0.29) is 5.82 Å². The lowest BCUT2D eigenvalue weighted by molar-refractivity contribution is -0.0706. The summed E-state index contributed by atoms with van der Waals surface area (Å²) in [5.74, 6) is -0.337. The molecule has 4 aromatic rings. The lowest BCUT2D eigenvalue weighted by atomic mass is 9.91. The Kier molecular flexibility index (Phi) is 4.88. The standard InChI is InChI=1S/C23H20FN3O4/c24-17-4-2-16(3-5-17)19-12-22(28)31-20-11-15(1-6-18(19)20)13-27-14-21(25-26-27)23(29)7-9-30-10-8-23/h1-6,11-12,14,29H,7-10,13H2. The Morgan fingerprint density at radius 1 is 1.10 bits per heavy atom. The van der Waals surface area contributed by atoms with Crippen LogP contribution in [-0.4, -0.2) is 33.3 Å². The van der Waals surface area contributed by atoms with Crippen molar-refractivity contribution in [2.45, 2.75) is 25.0 Å². The molecular formula is C23H20FN3O4. The van der Waals surface area contributed by atoms with Crippen molar-refractivity contribution in [1.29, 1.82) is 0 Å². The molecule has 0 radical (unpaired) electrons. The summed E-state index contributed by atoms with van der Waals surface area (Å²) in [4.78, 5) is 12.1. The molecule has 0 aliphatic carbocycles. The van der Waals surface area contributed by atoms with Gasteiger partial charge in [0.05, 0.1) is 12.7 Å². The molecule has 158 valence electrons. The van der Waals surface area contributed by atoms with E-state index in [0.29, 0.717) is 49.4 Å². The molecule has 0 saturated carbocycles. The van der Waals surface area contributed by atoms with Gasteiger partial charge in [-0.3, -0.25) is 0 Å². The third-order valence-corrected chi connectivity index (χ3v) is 5.64. The van der Waals surface area contributed by atoms with Crippen LogP contribution in [0.2, 0.25) is 0 Å². The van der Waals surface area contributed by atoms with Crippen LogP contribution >= 0.6 is 0 Å². The van der Waals surface area contributed by atoms with E-state index in [2.05, 4.69) is 10.3 Å². The molecule has 1 fully saturated rings. The van der Waals surface area contributed by atoms with Gasteiger partial charge in [-0.1, -0.05) is 29.5 Å². The van der Waals surface area contributed by atoms with Gasteiger partial charge >= 0.3 is 5.63 Å². The summed E-state index contributed by atoms with van der Waals surface area (Å²) in [7, 11) is 0.